The van der Waals surface area contributed by atoms with Crippen LogP contribution in [0.1, 0.15) is 17.9 Å². The van der Waals surface area contributed by atoms with Crippen LogP contribution in [-0.2, 0) is 0 Å². The lowest BCUT2D eigenvalue weighted by molar-refractivity contribution is 0.627. The van der Waals surface area contributed by atoms with E-state index < -0.39 is 0 Å². The molecule has 1 saturated carbocycles. The van der Waals surface area contributed by atoms with Gasteiger partial charge in [-0.3, -0.25) is 0 Å². The number of hydrogen-bond donors (Lipinski definition) is 0. The molecule has 0 nitrogen and oxygen atoms in total. The summed E-state index contributed by atoms with van der Waals surface area (Å²) in [7, 11) is 0. The Balaban J connectivity index is 2.10. The van der Waals surface area contributed by atoms with Crippen molar-refractivity contribution < 1.29 is 4.39 Å². The highest BCUT2D eigenvalue weighted by Crippen LogP contribution is 2.48. The molecule has 12 heavy (non-hydrogen) atoms. The second-order valence-electron chi connectivity index (χ2n) is 3.31. The van der Waals surface area contributed by atoms with Gasteiger partial charge in [0.15, 0.2) is 0 Å². The molecule has 0 bridgehead atoms. The van der Waals surface area contributed by atoms with Crippen molar-refractivity contribution in [3.05, 3.63) is 35.6 Å². The molecule has 0 N–H and O–H groups in total. The lowest BCUT2D eigenvalue weighted by Gasteiger charge is -1.97. The highest BCUT2D eigenvalue weighted by Gasteiger charge is 2.36. The van der Waals surface area contributed by atoms with E-state index in [1.807, 2.05) is 12.1 Å². The molecule has 2 heteroatoms. The zero-order chi connectivity index (χ0) is 8.55. The first kappa shape index (κ1) is 8.24. The van der Waals surface area contributed by atoms with Crippen molar-refractivity contribution in [2.24, 2.45) is 5.92 Å². The number of rotatable bonds is 2. The Kier molecular flexibility index (Phi) is 2.18. The quantitative estimate of drug-likeness (QED) is 0.682. The second-order valence-corrected chi connectivity index (χ2v) is 3.96. The van der Waals surface area contributed by atoms with Crippen LogP contribution in [0, 0.1) is 11.7 Å². The third-order valence-electron chi connectivity index (χ3n) is 2.42. The minimum absolute atomic E-state index is 0.144. The Morgan fingerprint density at radius 3 is 2.50 bits per heavy atom. The summed E-state index contributed by atoms with van der Waals surface area (Å²) in [6.45, 7) is 0. The Morgan fingerprint density at radius 2 is 2.00 bits per heavy atom. The average Bonchev–Trinajstić information content (AvgIpc) is 2.85. The van der Waals surface area contributed by atoms with E-state index in [1.165, 1.54) is 12.0 Å². The van der Waals surface area contributed by atoms with Gasteiger partial charge in [0.25, 0.3) is 0 Å². The van der Waals surface area contributed by atoms with E-state index >= 15 is 0 Å². The van der Waals surface area contributed by atoms with Gasteiger partial charge in [-0.25, -0.2) is 4.39 Å². The predicted molar refractivity (Wildman–Crippen MR) is 51.0 cm³/mol. The van der Waals surface area contributed by atoms with Crippen molar-refractivity contribution >= 4 is 15.9 Å². The van der Waals surface area contributed by atoms with E-state index in [0.29, 0.717) is 5.92 Å². The van der Waals surface area contributed by atoms with Crippen molar-refractivity contribution in [3.63, 3.8) is 0 Å². The maximum Gasteiger partial charge on any atom is 0.123 e. The standard InChI is InChI=1S/C10H10BrF/c11-6-8-5-10(8)7-1-3-9(12)4-2-7/h1-4,8,10H,5-6H2. The Bertz CT molecular complexity index is 268. The number of benzene rings is 1. The minimum Gasteiger partial charge on any atom is -0.207 e. The smallest absolute Gasteiger partial charge is 0.123 e. The number of hydrogen-bond acceptors (Lipinski definition) is 0. The molecule has 2 rings (SSSR count). The zero-order valence-corrected chi connectivity index (χ0v) is 8.22. The molecule has 2 atom stereocenters. The first-order valence-corrected chi connectivity index (χ1v) is 5.25. The van der Waals surface area contributed by atoms with Crippen LogP contribution in [0.5, 0.6) is 0 Å². The first-order valence-electron chi connectivity index (χ1n) is 4.12. The molecule has 0 aromatic heterocycles. The third kappa shape index (κ3) is 1.53. The maximum absolute atomic E-state index is 12.5. The molecule has 1 fully saturated rings. The summed E-state index contributed by atoms with van der Waals surface area (Å²) in [5, 5.41) is 1.06. The van der Waals surface area contributed by atoms with Crippen LogP contribution >= 0.6 is 15.9 Å². The van der Waals surface area contributed by atoms with Gasteiger partial charge in [0.1, 0.15) is 5.82 Å². The molecule has 1 aromatic rings. The summed E-state index contributed by atoms with van der Waals surface area (Å²) in [4.78, 5) is 0. The molecule has 64 valence electrons. The lowest BCUT2D eigenvalue weighted by atomic mass is 10.1. The van der Waals surface area contributed by atoms with Gasteiger partial charge in [-0.1, -0.05) is 28.1 Å². The van der Waals surface area contributed by atoms with Crippen molar-refractivity contribution in [3.8, 4) is 0 Å². The minimum atomic E-state index is -0.144. The van der Waals surface area contributed by atoms with E-state index in [4.69, 9.17) is 0 Å². The summed E-state index contributed by atoms with van der Waals surface area (Å²) < 4.78 is 12.5. The molecule has 0 amide bonds. The van der Waals surface area contributed by atoms with Crippen molar-refractivity contribution in [1.29, 1.82) is 0 Å². The summed E-state index contributed by atoms with van der Waals surface area (Å²) in [6.07, 6.45) is 1.25. The monoisotopic (exact) mass is 228 g/mol. The van der Waals surface area contributed by atoms with Crippen LogP contribution in [0.3, 0.4) is 0 Å². The van der Waals surface area contributed by atoms with E-state index in [9.17, 15) is 4.39 Å². The third-order valence-corrected chi connectivity index (χ3v) is 3.25. The summed E-state index contributed by atoms with van der Waals surface area (Å²) >= 11 is 3.45. The largest absolute Gasteiger partial charge is 0.207 e. The molecular weight excluding hydrogens is 219 g/mol. The van der Waals surface area contributed by atoms with Gasteiger partial charge >= 0.3 is 0 Å². The highest BCUT2D eigenvalue weighted by atomic mass is 79.9. The zero-order valence-electron chi connectivity index (χ0n) is 6.63. The normalized spacial score (nSPS) is 27.2. The van der Waals surface area contributed by atoms with Gasteiger partial charge in [0.2, 0.25) is 0 Å². The molecule has 1 aliphatic carbocycles. The topological polar surface area (TPSA) is 0 Å². The number of alkyl halides is 1. The fourth-order valence-corrected chi connectivity index (χ4v) is 2.25. The Hall–Kier alpha value is -0.370. The summed E-state index contributed by atoms with van der Waals surface area (Å²) in [5.41, 5.74) is 1.28. The van der Waals surface area contributed by atoms with Crippen LogP contribution in [0.2, 0.25) is 0 Å². The maximum atomic E-state index is 12.5. The van der Waals surface area contributed by atoms with Gasteiger partial charge in [0.05, 0.1) is 0 Å². The average molecular weight is 229 g/mol. The molecule has 1 aromatic carbocycles. The molecule has 2 unspecified atom stereocenters. The van der Waals surface area contributed by atoms with E-state index in [1.54, 1.807) is 12.1 Å². The molecule has 0 heterocycles. The first-order chi connectivity index (χ1) is 5.81. The van der Waals surface area contributed by atoms with Gasteiger partial charge in [0, 0.05) is 5.33 Å². The van der Waals surface area contributed by atoms with Crippen LogP contribution in [0.25, 0.3) is 0 Å². The van der Waals surface area contributed by atoms with Crippen molar-refractivity contribution in [1.82, 2.24) is 0 Å². The van der Waals surface area contributed by atoms with Gasteiger partial charge in [-0.05, 0) is 36.0 Å². The van der Waals surface area contributed by atoms with Crippen molar-refractivity contribution in [2.75, 3.05) is 5.33 Å². The van der Waals surface area contributed by atoms with E-state index in [-0.39, 0.29) is 5.82 Å². The summed E-state index contributed by atoms with van der Waals surface area (Å²) in [5.74, 6) is 1.30. The highest BCUT2D eigenvalue weighted by molar-refractivity contribution is 9.09. The summed E-state index contributed by atoms with van der Waals surface area (Å²) in [6, 6.07) is 6.86. The Morgan fingerprint density at radius 1 is 1.33 bits per heavy atom. The van der Waals surface area contributed by atoms with E-state index in [2.05, 4.69) is 15.9 Å². The van der Waals surface area contributed by atoms with Gasteiger partial charge in [-0.2, -0.15) is 0 Å². The van der Waals surface area contributed by atoms with Crippen LogP contribution in [0.15, 0.2) is 24.3 Å². The van der Waals surface area contributed by atoms with Gasteiger partial charge in [-0.15, -0.1) is 0 Å². The van der Waals surface area contributed by atoms with Crippen LogP contribution < -0.4 is 0 Å². The van der Waals surface area contributed by atoms with Crippen LogP contribution in [0.4, 0.5) is 4.39 Å². The van der Waals surface area contributed by atoms with Crippen LogP contribution in [-0.4, -0.2) is 5.33 Å². The molecule has 0 saturated heterocycles. The molecular formula is C10H10BrF. The SMILES string of the molecule is Fc1ccc(C2CC2CBr)cc1. The molecule has 0 spiro atoms. The predicted octanol–water partition coefficient (Wildman–Crippen LogP) is 3.32. The Labute approximate surface area is 79.9 Å². The number of halogens is 2. The van der Waals surface area contributed by atoms with Gasteiger partial charge < -0.3 is 0 Å². The molecule has 1 aliphatic rings. The lowest BCUT2D eigenvalue weighted by Crippen LogP contribution is -1.84. The van der Waals surface area contributed by atoms with Crippen molar-refractivity contribution in [2.45, 2.75) is 12.3 Å². The fourth-order valence-electron chi connectivity index (χ4n) is 1.54. The van der Waals surface area contributed by atoms with E-state index in [0.717, 1.165) is 11.2 Å². The fraction of sp³-hybridized carbons (Fsp3) is 0.400. The molecule has 0 radical (unpaired) electrons. The molecule has 0 aliphatic heterocycles. The second kappa shape index (κ2) is 3.17.